The first-order chi connectivity index (χ1) is 11.6. The second kappa shape index (κ2) is 5.49. The number of carbonyl (C=O) groups is 1. The van der Waals surface area contributed by atoms with Gasteiger partial charge in [-0.05, 0) is 42.3 Å². The van der Waals surface area contributed by atoms with E-state index in [0.717, 1.165) is 16.8 Å². The fourth-order valence-electron chi connectivity index (χ4n) is 3.05. The first kappa shape index (κ1) is 14.5. The van der Waals surface area contributed by atoms with Crippen molar-refractivity contribution in [1.82, 2.24) is 4.98 Å². The molecule has 3 nitrogen and oxygen atoms in total. The number of benzene rings is 2. The lowest BCUT2D eigenvalue weighted by atomic mass is 9.94. The van der Waals surface area contributed by atoms with Crippen molar-refractivity contribution in [3.8, 4) is 11.1 Å². The van der Waals surface area contributed by atoms with Gasteiger partial charge in [0.25, 0.3) is 5.91 Å². The molecule has 2 aromatic carbocycles. The van der Waals surface area contributed by atoms with E-state index in [9.17, 15) is 9.18 Å². The Labute approximate surface area is 138 Å². The van der Waals surface area contributed by atoms with Crippen LogP contribution in [0.15, 0.2) is 54.7 Å². The highest BCUT2D eigenvalue weighted by atomic mass is 19.1. The van der Waals surface area contributed by atoms with Crippen LogP contribution in [0.5, 0.6) is 0 Å². The predicted molar refractivity (Wildman–Crippen MR) is 93.9 cm³/mol. The zero-order valence-corrected chi connectivity index (χ0v) is 13.1. The summed E-state index contributed by atoms with van der Waals surface area (Å²) in [6.07, 6.45) is 3.65. The quantitative estimate of drug-likeness (QED) is 0.665. The smallest absolute Gasteiger partial charge is 0.256 e. The van der Waals surface area contributed by atoms with Gasteiger partial charge in [0.05, 0.1) is 5.57 Å². The van der Waals surface area contributed by atoms with E-state index >= 15 is 0 Å². The summed E-state index contributed by atoms with van der Waals surface area (Å²) < 4.78 is 14.3. The number of rotatable bonds is 2. The third-order valence-electron chi connectivity index (χ3n) is 4.28. The van der Waals surface area contributed by atoms with Crippen molar-refractivity contribution in [3.05, 3.63) is 77.4 Å². The van der Waals surface area contributed by atoms with Crippen molar-refractivity contribution >= 4 is 23.2 Å². The molecule has 1 aromatic heterocycles. The van der Waals surface area contributed by atoms with Gasteiger partial charge >= 0.3 is 0 Å². The largest absolute Gasteiger partial charge is 0.361 e. The summed E-state index contributed by atoms with van der Waals surface area (Å²) in [6, 6.07) is 14.0. The number of aryl methyl sites for hydroxylation is 1. The van der Waals surface area contributed by atoms with E-state index in [1.807, 2.05) is 43.5 Å². The SMILES string of the molecule is Cc1cc[nH]c1/C=C1\C(=O)Nc2cccc(-c3ccccc3F)c21. The maximum Gasteiger partial charge on any atom is 0.256 e. The van der Waals surface area contributed by atoms with Crippen LogP contribution >= 0.6 is 0 Å². The average molecular weight is 318 g/mol. The van der Waals surface area contributed by atoms with Crippen LogP contribution in [-0.4, -0.2) is 10.9 Å². The molecule has 0 aliphatic carbocycles. The second-order valence-electron chi connectivity index (χ2n) is 5.79. The molecular weight excluding hydrogens is 303 g/mol. The van der Waals surface area contributed by atoms with E-state index in [4.69, 9.17) is 0 Å². The molecule has 1 aliphatic rings. The van der Waals surface area contributed by atoms with Gasteiger partial charge in [-0.15, -0.1) is 0 Å². The van der Waals surface area contributed by atoms with Gasteiger partial charge in [0.2, 0.25) is 0 Å². The molecule has 0 saturated carbocycles. The van der Waals surface area contributed by atoms with Crippen molar-refractivity contribution in [3.63, 3.8) is 0 Å². The van der Waals surface area contributed by atoms with Crippen LogP contribution < -0.4 is 5.32 Å². The number of H-pyrrole nitrogens is 1. The third kappa shape index (κ3) is 2.24. The summed E-state index contributed by atoms with van der Waals surface area (Å²) in [6.45, 7) is 1.97. The first-order valence-corrected chi connectivity index (χ1v) is 7.70. The monoisotopic (exact) mass is 318 g/mol. The van der Waals surface area contributed by atoms with Crippen molar-refractivity contribution in [2.45, 2.75) is 6.92 Å². The van der Waals surface area contributed by atoms with Crippen molar-refractivity contribution < 1.29 is 9.18 Å². The lowest BCUT2D eigenvalue weighted by Gasteiger charge is -2.09. The number of fused-ring (bicyclic) bond motifs is 1. The molecular formula is C20H15FN2O. The van der Waals surface area contributed by atoms with E-state index in [0.29, 0.717) is 22.4 Å². The molecule has 0 radical (unpaired) electrons. The van der Waals surface area contributed by atoms with Crippen molar-refractivity contribution in [2.75, 3.05) is 5.32 Å². The average Bonchev–Trinajstić information content (AvgIpc) is 3.12. The molecule has 1 aliphatic heterocycles. The lowest BCUT2D eigenvalue weighted by molar-refractivity contribution is -0.110. The van der Waals surface area contributed by atoms with E-state index in [-0.39, 0.29) is 11.7 Å². The van der Waals surface area contributed by atoms with E-state index in [1.165, 1.54) is 6.07 Å². The van der Waals surface area contributed by atoms with Gasteiger partial charge in [0, 0.05) is 28.7 Å². The van der Waals surface area contributed by atoms with Gasteiger partial charge in [0.1, 0.15) is 5.82 Å². The molecule has 0 saturated heterocycles. The molecule has 1 amide bonds. The fraction of sp³-hybridized carbons (Fsp3) is 0.0500. The molecule has 0 unspecified atom stereocenters. The Hall–Kier alpha value is -3.14. The minimum absolute atomic E-state index is 0.178. The zero-order chi connectivity index (χ0) is 16.7. The van der Waals surface area contributed by atoms with Crippen molar-refractivity contribution in [1.29, 1.82) is 0 Å². The normalized spacial score (nSPS) is 14.8. The number of aromatic amines is 1. The van der Waals surface area contributed by atoms with E-state index in [2.05, 4.69) is 10.3 Å². The molecule has 4 heteroatoms. The molecule has 2 N–H and O–H groups in total. The van der Waals surface area contributed by atoms with Gasteiger partial charge in [0.15, 0.2) is 0 Å². The molecule has 0 spiro atoms. The highest BCUT2D eigenvalue weighted by molar-refractivity contribution is 6.36. The Kier molecular flexibility index (Phi) is 3.31. The van der Waals surface area contributed by atoms with Gasteiger partial charge in [-0.2, -0.15) is 0 Å². The van der Waals surface area contributed by atoms with Crippen LogP contribution in [0.25, 0.3) is 22.8 Å². The summed E-state index contributed by atoms with van der Waals surface area (Å²) in [5.74, 6) is -0.483. The maximum atomic E-state index is 14.3. The molecule has 0 bridgehead atoms. The van der Waals surface area contributed by atoms with Crippen LogP contribution in [0.3, 0.4) is 0 Å². The standard InChI is InChI=1S/C20H15FN2O/c1-12-9-10-22-18(12)11-15-19-14(13-5-2-3-7-16(13)21)6-4-8-17(19)23-20(15)24/h2-11,22H,1H3,(H,23,24)/b15-11-. The topological polar surface area (TPSA) is 44.9 Å². The Morgan fingerprint density at radius 1 is 1.00 bits per heavy atom. The summed E-state index contributed by atoms with van der Waals surface area (Å²) in [4.78, 5) is 15.6. The highest BCUT2D eigenvalue weighted by Crippen LogP contribution is 2.41. The number of halogens is 1. The minimum Gasteiger partial charge on any atom is -0.361 e. The van der Waals surface area contributed by atoms with Crippen LogP contribution in [0, 0.1) is 12.7 Å². The van der Waals surface area contributed by atoms with E-state index < -0.39 is 0 Å². The lowest BCUT2D eigenvalue weighted by Crippen LogP contribution is -2.03. The number of hydrogen-bond acceptors (Lipinski definition) is 1. The number of anilines is 1. The summed E-state index contributed by atoms with van der Waals surface area (Å²) in [7, 11) is 0. The Balaban J connectivity index is 1.95. The third-order valence-corrected chi connectivity index (χ3v) is 4.28. The minimum atomic E-state index is -0.305. The molecule has 3 aromatic rings. The van der Waals surface area contributed by atoms with Gasteiger partial charge in [-0.3, -0.25) is 4.79 Å². The molecule has 0 atom stereocenters. The molecule has 2 heterocycles. The highest BCUT2D eigenvalue weighted by Gasteiger charge is 2.28. The number of hydrogen-bond donors (Lipinski definition) is 2. The molecule has 118 valence electrons. The van der Waals surface area contributed by atoms with Crippen LogP contribution in [-0.2, 0) is 4.79 Å². The van der Waals surface area contributed by atoms with Gasteiger partial charge in [-0.1, -0.05) is 30.3 Å². The molecule has 0 fully saturated rings. The number of carbonyl (C=O) groups excluding carboxylic acids is 1. The first-order valence-electron chi connectivity index (χ1n) is 7.70. The summed E-state index contributed by atoms with van der Waals surface area (Å²) >= 11 is 0. The Morgan fingerprint density at radius 2 is 1.79 bits per heavy atom. The Morgan fingerprint density at radius 3 is 2.54 bits per heavy atom. The summed E-state index contributed by atoms with van der Waals surface area (Å²) in [5.41, 5.74) is 5.09. The number of nitrogens with one attached hydrogen (secondary N) is 2. The maximum absolute atomic E-state index is 14.3. The molecule has 24 heavy (non-hydrogen) atoms. The van der Waals surface area contributed by atoms with Crippen LogP contribution in [0.1, 0.15) is 16.8 Å². The van der Waals surface area contributed by atoms with Crippen LogP contribution in [0.4, 0.5) is 10.1 Å². The summed E-state index contributed by atoms with van der Waals surface area (Å²) in [5, 5.41) is 2.87. The number of amides is 1. The Bertz CT molecular complexity index is 985. The second-order valence-corrected chi connectivity index (χ2v) is 5.79. The fourth-order valence-corrected chi connectivity index (χ4v) is 3.05. The van der Waals surface area contributed by atoms with Gasteiger partial charge < -0.3 is 10.3 Å². The van der Waals surface area contributed by atoms with Gasteiger partial charge in [-0.25, -0.2) is 4.39 Å². The van der Waals surface area contributed by atoms with Crippen molar-refractivity contribution in [2.24, 2.45) is 0 Å². The zero-order valence-electron chi connectivity index (χ0n) is 13.1. The molecule has 4 rings (SSSR count). The van der Waals surface area contributed by atoms with E-state index in [1.54, 1.807) is 18.2 Å². The number of aromatic nitrogens is 1. The van der Waals surface area contributed by atoms with Crippen LogP contribution in [0.2, 0.25) is 0 Å². The predicted octanol–water partition coefficient (Wildman–Crippen LogP) is 4.62.